The molecule has 2 N–H and O–H groups in total. The standard InChI is InChI=1S/C13H20N2O3/c1-9(2)11(14)6-7-15(3)13(17)10-4-5-12(16)18-8-10/h4-5,8-9,11H,6-7,14H2,1-3H3. The Bertz CT molecular complexity index is 433. The zero-order valence-electron chi connectivity index (χ0n) is 11.1. The summed E-state index contributed by atoms with van der Waals surface area (Å²) in [5, 5.41) is 0. The molecular formula is C13H20N2O3. The number of nitrogens with zero attached hydrogens (tertiary/aromatic N) is 1. The molecule has 1 aromatic rings. The average Bonchev–Trinajstić information content (AvgIpc) is 2.35. The molecule has 0 aliphatic heterocycles. The van der Waals surface area contributed by atoms with Crippen molar-refractivity contribution in [3.63, 3.8) is 0 Å². The fourth-order valence-electron chi connectivity index (χ4n) is 1.48. The molecule has 0 aromatic carbocycles. The van der Waals surface area contributed by atoms with Gasteiger partial charge in [-0.25, -0.2) is 4.79 Å². The third-order valence-electron chi connectivity index (χ3n) is 2.95. The van der Waals surface area contributed by atoms with Gasteiger partial charge >= 0.3 is 5.63 Å². The summed E-state index contributed by atoms with van der Waals surface area (Å²) >= 11 is 0. The van der Waals surface area contributed by atoms with Crippen LogP contribution in [0.1, 0.15) is 30.6 Å². The van der Waals surface area contributed by atoms with Crippen molar-refractivity contribution in [1.82, 2.24) is 4.90 Å². The summed E-state index contributed by atoms with van der Waals surface area (Å²) in [6.07, 6.45) is 1.93. The van der Waals surface area contributed by atoms with E-state index in [0.29, 0.717) is 18.0 Å². The topological polar surface area (TPSA) is 76.5 Å². The van der Waals surface area contributed by atoms with Crippen LogP contribution in [0.3, 0.4) is 0 Å². The van der Waals surface area contributed by atoms with Crippen LogP contribution in [0.15, 0.2) is 27.6 Å². The minimum Gasteiger partial charge on any atom is -0.430 e. The molecule has 5 heteroatoms. The highest BCUT2D eigenvalue weighted by atomic mass is 16.4. The van der Waals surface area contributed by atoms with Crippen LogP contribution in [-0.4, -0.2) is 30.4 Å². The van der Waals surface area contributed by atoms with Crippen LogP contribution in [0.25, 0.3) is 0 Å². The SMILES string of the molecule is CC(C)C(N)CCN(C)C(=O)c1ccc(=O)oc1. The van der Waals surface area contributed by atoms with E-state index >= 15 is 0 Å². The number of hydrogen-bond donors (Lipinski definition) is 1. The van der Waals surface area contributed by atoms with E-state index in [1.54, 1.807) is 11.9 Å². The summed E-state index contributed by atoms with van der Waals surface area (Å²) in [7, 11) is 1.71. The first-order valence-corrected chi connectivity index (χ1v) is 6.01. The van der Waals surface area contributed by atoms with E-state index < -0.39 is 5.63 Å². The van der Waals surface area contributed by atoms with Gasteiger partial charge in [0.05, 0.1) is 5.56 Å². The molecule has 1 unspecified atom stereocenters. The highest BCUT2D eigenvalue weighted by Crippen LogP contribution is 2.06. The lowest BCUT2D eigenvalue weighted by Gasteiger charge is -2.21. The summed E-state index contributed by atoms with van der Waals surface area (Å²) in [6, 6.07) is 2.78. The number of carbonyl (C=O) groups is 1. The molecule has 0 bridgehead atoms. The summed E-state index contributed by atoms with van der Waals surface area (Å²) in [4.78, 5) is 24.3. The second-order valence-electron chi connectivity index (χ2n) is 4.77. The quantitative estimate of drug-likeness (QED) is 0.851. The van der Waals surface area contributed by atoms with Gasteiger partial charge in [-0.2, -0.15) is 0 Å². The third-order valence-corrected chi connectivity index (χ3v) is 2.95. The van der Waals surface area contributed by atoms with E-state index in [9.17, 15) is 9.59 Å². The number of amides is 1. The van der Waals surface area contributed by atoms with Gasteiger partial charge in [0.2, 0.25) is 0 Å². The highest BCUT2D eigenvalue weighted by molar-refractivity contribution is 5.93. The smallest absolute Gasteiger partial charge is 0.335 e. The molecule has 1 atom stereocenters. The number of nitrogens with two attached hydrogens (primary N) is 1. The van der Waals surface area contributed by atoms with Crippen molar-refractivity contribution in [2.24, 2.45) is 11.7 Å². The van der Waals surface area contributed by atoms with E-state index in [0.717, 1.165) is 6.42 Å². The molecule has 0 saturated heterocycles. The average molecular weight is 252 g/mol. The van der Waals surface area contributed by atoms with Crippen molar-refractivity contribution in [2.45, 2.75) is 26.3 Å². The van der Waals surface area contributed by atoms with Gasteiger partial charge in [-0.3, -0.25) is 4.79 Å². The Kier molecular flexibility index (Phi) is 5.09. The van der Waals surface area contributed by atoms with Crippen molar-refractivity contribution in [3.05, 3.63) is 34.4 Å². The van der Waals surface area contributed by atoms with Gasteiger partial charge in [-0.1, -0.05) is 13.8 Å². The Morgan fingerprint density at radius 3 is 2.61 bits per heavy atom. The van der Waals surface area contributed by atoms with E-state index in [2.05, 4.69) is 18.3 Å². The van der Waals surface area contributed by atoms with E-state index in [1.165, 1.54) is 18.4 Å². The molecule has 0 saturated carbocycles. The molecular weight excluding hydrogens is 232 g/mol. The van der Waals surface area contributed by atoms with Crippen LogP contribution >= 0.6 is 0 Å². The van der Waals surface area contributed by atoms with Crippen LogP contribution < -0.4 is 11.4 Å². The number of hydrogen-bond acceptors (Lipinski definition) is 4. The van der Waals surface area contributed by atoms with Crippen molar-refractivity contribution in [1.29, 1.82) is 0 Å². The molecule has 0 aliphatic carbocycles. The van der Waals surface area contributed by atoms with Gasteiger partial charge in [0.25, 0.3) is 5.91 Å². The molecule has 100 valence electrons. The van der Waals surface area contributed by atoms with Crippen LogP contribution in [0.4, 0.5) is 0 Å². The molecule has 1 amide bonds. The Morgan fingerprint density at radius 1 is 1.44 bits per heavy atom. The lowest BCUT2D eigenvalue weighted by Crippen LogP contribution is -2.34. The molecule has 0 fully saturated rings. The molecule has 0 aliphatic rings. The Labute approximate surface area is 107 Å². The molecule has 0 spiro atoms. The van der Waals surface area contributed by atoms with Crippen LogP contribution in [-0.2, 0) is 0 Å². The highest BCUT2D eigenvalue weighted by Gasteiger charge is 2.14. The van der Waals surface area contributed by atoms with Crippen LogP contribution in [0, 0.1) is 5.92 Å². The van der Waals surface area contributed by atoms with Gasteiger partial charge in [0.1, 0.15) is 6.26 Å². The Balaban J connectivity index is 2.56. The van der Waals surface area contributed by atoms with E-state index in [1.807, 2.05) is 0 Å². The summed E-state index contributed by atoms with van der Waals surface area (Å²) < 4.78 is 4.67. The number of carbonyl (C=O) groups excluding carboxylic acids is 1. The minimum absolute atomic E-state index is 0.0777. The minimum atomic E-state index is -0.462. The zero-order chi connectivity index (χ0) is 13.7. The van der Waals surface area contributed by atoms with Gasteiger partial charge in [-0.05, 0) is 18.4 Å². The summed E-state index contributed by atoms with van der Waals surface area (Å²) in [5.74, 6) is 0.220. The fraction of sp³-hybridized carbons (Fsp3) is 0.538. The Hall–Kier alpha value is -1.62. The maximum absolute atomic E-state index is 12.0. The molecule has 1 aromatic heterocycles. The lowest BCUT2D eigenvalue weighted by molar-refractivity contribution is 0.0786. The van der Waals surface area contributed by atoms with Gasteiger partial charge < -0.3 is 15.1 Å². The first-order chi connectivity index (χ1) is 8.41. The van der Waals surface area contributed by atoms with Gasteiger partial charge in [0.15, 0.2) is 0 Å². The zero-order valence-corrected chi connectivity index (χ0v) is 11.1. The molecule has 1 rings (SSSR count). The van der Waals surface area contributed by atoms with E-state index in [4.69, 9.17) is 5.73 Å². The normalized spacial score (nSPS) is 12.5. The monoisotopic (exact) mass is 252 g/mol. The molecule has 18 heavy (non-hydrogen) atoms. The Morgan fingerprint density at radius 2 is 2.11 bits per heavy atom. The largest absolute Gasteiger partial charge is 0.430 e. The van der Waals surface area contributed by atoms with Crippen molar-refractivity contribution in [3.8, 4) is 0 Å². The number of rotatable bonds is 5. The summed E-state index contributed by atoms with van der Waals surface area (Å²) in [5.41, 5.74) is 5.83. The van der Waals surface area contributed by atoms with Crippen molar-refractivity contribution in [2.75, 3.05) is 13.6 Å². The van der Waals surface area contributed by atoms with Crippen molar-refractivity contribution >= 4 is 5.91 Å². The second-order valence-corrected chi connectivity index (χ2v) is 4.77. The van der Waals surface area contributed by atoms with Gasteiger partial charge in [0, 0.05) is 25.7 Å². The predicted molar refractivity (Wildman–Crippen MR) is 69.4 cm³/mol. The second kappa shape index (κ2) is 6.35. The predicted octanol–water partition coefficient (Wildman–Crippen LogP) is 1.09. The molecule has 1 heterocycles. The van der Waals surface area contributed by atoms with Crippen molar-refractivity contribution < 1.29 is 9.21 Å². The molecule has 5 nitrogen and oxygen atoms in total. The third kappa shape index (κ3) is 4.00. The maximum atomic E-state index is 12.0. The lowest BCUT2D eigenvalue weighted by atomic mass is 10.0. The maximum Gasteiger partial charge on any atom is 0.335 e. The first-order valence-electron chi connectivity index (χ1n) is 6.01. The fourth-order valence-corrected chi connectivity index (χ4v) is 1.48. The summed E-state index contributed by atoms with van der Waals surface area (Å²) in [6.45, 7) is 4.69. The van der Waals surface area contributed by atoms with E-state index in [-0.39, 0.29) is 11.9 Å². The van der Waals surface area contributed by atoms with Crippen LogP contribution in [0.2, 0.25) is 0 Å². The molecule has 0 radical (unpaired) electrons. The first kappa shape index (κ1) is 14.4. The van der Waals surface area contributed by atoms with Crippen LogP contribution in [0.5, 0.6) is 0 Å². The van der Waals surface area contributed by atoms with Gasteiger partial charge in [-0.15, -0.1) is 0 Å².